The molecule has 1 aromatic heterocycles. The van der Waals surface area contributed by atoms with E-state index in [-0.39, 0.29) is 17.5 Å². The second-order valence-corrected chi connectivity index (χ2v) is 5.13. The molecule has 4 unspecified atom stereocenters. The molecule has 0 aromatic carbocycles. The van der Waals surface area contributed by atoms with Crippen LogP contribution in [-0.2, 0) is 12.5 Å². The summed E-state index contributed by atoms with van der Waals surface area (Å²) in [5, 5.41) is 2.16. The molecule has 3 rings (SSSR count). The zero-order valence-electron chi connectivity index (χ0n) is 8.04. The molecule has 2 aliphatic rings. The number of alkyl halides is 3. The smallest absolute Gasteiger partial charge is 0.268 e. The van der Waals surface area contributed by atoms with Crippen LogP contribution in [0.15, 0.2) is 0 Å². The van der Waals surface area contributed by atoms with Gasteiger partial charge in [-0.05, 0) is 12.3 Å². The quantitative estimate of drug-likeness (QED) is 0.682. The van der Waals surface area contributed by atoms with Crippen molar-refractivity contribution in [2.45, 2.75) is 24.2 Å². The van der Waals surface area contributed by atoms with Crippen molar-refractivity contribution >= 4 is 9.24 Å². The van der Waals surface area contributed by atoms with Gasteiger partial charge in [-0.15, -0.1) is 0 Å². The van der Waals surface area contributed by atoms with Gasteiger partial charge in [0.2, 0.25) is 0 Å². The van der Waals surface area contributed by atoms with Gasteiger partial charge in [0.25, 0.3) is 6.43 Å². The minimum Gasteiger partial charge on any atom is -0.268 e. The fourth-order valence-corrected chi connectivity index (χ4v) is 3.41. The first-order valence-electron chi connectivity index (χ1n) is 4.77. The number of rotatable bonds is 1. The predicted molar refractivity (Wildman–Crippen MR) is 51.5 cm³/mol. The molecule has 4 atom stereocenters. The van der Waals surface area contributed by atoms with Gasteiger partial charge in [0.1, 0.15) is 5.69 Å². The van der Waals surface area contributed by atoms with Crippen LogP contribution < -0.4 is 0 Å². The molecule has 0 amide bonds. The van der Waals surface area contributed by atoms with Crippen molar-refractivity contribution in [3.05, 3.63) is 17.0 Å². The maximum Gasteiger partial charge on any atom is 0.282 e. The van der Waals surface area contributed by atoms with Crippen molar-refractivity contribution in [3.8, 4) is 0 Å². The van der Waals surface area contributed by atoms with E-state index in [0.29, 0.717) is 17.7 Å². The number of aromatic nitrogens is 2. The van der Waals surface area contributed by atoms with Crippen LogP contribution in [0.3, 0.4) is 0 Å². The predicted octanol–water partition coefficient (Wildman–Crippen LogP) is 2.47. The molecular weight excluding hydrogens is 224 g/mol. The maximum absolute atomic E-state index is 14.2. The molecule has 0 aliphatic heterocycles. The number of nitrogens with zero attached hydrogens (tertiary/aromatic N) is 2. The first-order chi connectivity index (χ1) is 6.94. The monoisotopic (exact) mass is 234 g/mol. The van der Waals surface area contributed by atoms with Crippen molar-refractivity contribution in [3.63, 3.8) is 0 Å². The van der Waals surface area contributed by atoms with Gasteiger partial charge in [-0.3, -0.25) is 4.68 Å². The molecule has 1 aromatic rings. The SMILES string of the molecule is Cn1nc(C(F)F)c2c1C(F)(P)C1CC21. The fourth-order valence-electron chi connectivity index (χ4n) is 2.70. The molecule has 1 saturated carbocycles. The Hall–Kier alpha value is -0.570. The molecule has 82 valence electrons. The van der Waals surface area contributed by atoms with Crippen molar-refractivity contribution in [1.29, 1.82) is 0 Å². The average molecular weight is 234 g/mol. The highest BCUT2D eigenvalue weighted by Crippen LogP contribution is 2.69. The van der Waals surface area contributed by atoms with E-state index < -0.39 is 11.8 Å². The molecule has 1 fully saturated rings. The Morgan fingerprint density at radius 2 is 2.27 bits per heavy atom. The van der Waals surface area contributed by atoms with Gasteiger partial charge < -0.3 is 0 Å². The molecule has 2 nitrogen and oxygen atoms in total. The summed E-state index contributed by atoms with van der Waals surface area (Å²) in [4.78, 5) is 0. The van der Waals surface area contributed by atoms with Gasteiger partial charge in [0.15, 0.2) is 5.41 Å². The lowest BCUT2D eigenvalue weighted by Gasteiger charge is -2.16. The van der Waals surface area contributed by atoms with Crippen molar-refractivity contribution in [2.24, 2.45) is 13.0 Å². The third kappa shape index (κ3) is 1.02. The Kier molecular flexibility index (Phi) is 1.65. The molecular formula is C9H10F3N2P. The van der Waals surface area contributed by atoms with Crippen LogP contribution in [0.25, 0.3) is 0 Å². The molecule has 2 aliphatic carbocycles. The standard InChI is InChI=1S/C9H10F3N2P/c1-14-7-5(6(13-14)8(10)11)3-2-4(3)9(7,12)15/h3-4,8H,2,15H2,1H3. The van der Waals surface area contributed by atoms with Gasteiger partial charge in [0.05, 0.1) is 5.69 Å². The Balaban J connectivity index is 2.23. The lowest BCUT2D eigenvalue weighted by Crippen LogP contribution is -2.16. The topological polar surface area (TPSA) is 17.8 Å². The minimum atomic E-state index is -2.61. The van der Waals surface area contributed by atoms with E-state index in [1.807, 2.05) is 0 Å². The Labute approximate surface area is 87.0 Å². The summed E-state index contributed by atoms with van der Waals surface area (Å²) in [7, 11) is 3.67. The number of fused-ring (bicyclic) bond motifs is 3. The van der Waals surface area contributed by atoms with Gasteiger partial charge in [-0.1, -0.05) is 9.24 Å². The summed E-state index contributed by atoms with van der Waals surface area (Å²) in [6, 6.07) is 0. The normalized spacial score (nSPS) is 36.9. The highest BCUT2D eigenvalue weighted by Gasteiger charge is 2.63. The van der Waals surface area contributed by atoms with E-state index in [4.69, 9.17) is 0 Å². The van der Waals surface area contributed by atoms with Crippen LogP contribution >= 0.6 is 9.24 Å². The van der Waals surface area contributed by atoms with E-state index in [2.05, 4.69) is 14.3 Å². The molecule has 0 radical (unpaired) electrons. The van der Waals surface area contributed by atoms with E-state index in [1.165, 1.54) is 11.7 Å². The molecule has 0 saturated heterocycles. The zero-order valence-corrected chi connectivity index (χ0v) is 9.20. The first kappa shape index (κ1) is 9.64. The van der Waals surface area contributed by atoms with Gasteiger partial charge in [-0.25, -0.2) is 13.2 Å². The molecule has 1 heterocycles. The van der Waals surface area contributed by atoms with Crippen molar-refractivity contribution in [1.82, 2.24) is 9.78 Å². The first-order valence-corrected chi connectivity index (χ1v) is 5.35. The Morgan fingerprint density at radius 3 is 2.87 bits per heavy atom. The second kappa shape index (κ2) is 2.57. The Bertz CT molecular complexity index is 441. The summed E-state index contributed by atoms with van der Waals surface area (Å²) in [6.45, 7) is 0. The van der Waals surface area contributed by atoms with Crippen LogP contribution in [0.1, 0.15) is 35.7 Å². The largest absolute Gasteiger partial charge is 0.282 e. The van der Waals surface area contributed by atoms with Gasteiger partial charge >= 0.3 is 0 Å². The lowest BCUT2D eigenvalue weighted by molar-refractivity contribution is 0.144. The third-order valence-corrected chi connectivity index (χ3v) is 4.08. The molecule has 0 spiro atoms. The summed E-state index contributed by atoms with van der Waals surface area (Å²) >= 11 is 0. The molecule has 15 heavy (non-hydrogen) atoms. The summed E-state index contributed by atoms with van der Waals surface area (Å²) in [5.74, 6) is -0.181. The van der Waals surface area contributed by atoms with Crippen LogP contribution in [0.4, 0.5) is 13.2 Å². The van der Waals surface area contributed by atoms with Gasteiger partial charge in [-0.2, -0.15) is 5.10 Å². The lowest BCUT2D eigenvalue weighted by atomic mass is 10.1. The van der Waals surface area contributed by atoms with Crippen LogP contribution in [0.5, 0.6) is 0 Å². The minimum absolute atomic E-state index is 0.0415. The third-order valence-electron chi connectivity index (χ3n) is 3.38. The van der Waals surface area contributed by atoms with Crippen molar-refractivity contribution < 1.29 is 13.2 Å². The van der Waals surface area contributed by atoms with Crippen LogP contribution in [0.2, 0.25) is 0 Å². The zero-order chi connectivity index (χ0) is 11.0. The Morgan fingerprint density at radius 1 is 1.60 bits per heavy atom. The summed E-state index contributed by atoms with van der Waals surface area (Å²) in [6.07, 6.45) is -1.95. The molecule has 0 bridgehead atoms. The highest BCUT2D eigenvalue weighted by atomic mass is 31.0. The van der Waals surface area contributed by atoms with Crippen LogP contribution in [0, 0.1) is 5.92 Å². The number of halogens is 3. The number of hydrogen-bond donors (Lipinski definition) is 0. The average Bonchev–Trinajstić information content (AvgIpc) is 2.78. The second-order valence-electron chi connectivity index (χ2n) is 4.29. The van der Waals surface area contributed by atoms with E-state index >= 15 is 0 Å². The van der Waals surface area contributed by atoms with E-state index in [1.54, 1.807) is 0 Å². The summed E-state index contributed by atoms with van der Waals surface area (Å²) in [5.41, 5.74) is 0.543. The van der Waals surface area contributed by atoms with E-state index in [0.717, 1.165) is 0 Å². The fraction of sp³-hybridized carbons (Fsp3) is 0.667. The van der Waals surface area contributed by atoms with Gasteiger partial charge in [0, 0.05) is 18.5 Å². The highest BCUT2D eigenvalue weighted by molar-refractivity contribution is 7.18. The summed E-state index contributed by atoms with van der Waals surface area (Å²) < 4.78 is 40.8. The number of hydrogen-bond acceptors (Lipinski definition) is 1. The number of aryl methyl sites for hydroxylation is 1. The maximum atomic E-state index is 14.2. The molecule has 0 N–H and O–H groups in total. The van der Waals surface area contributed by atoms with Crippen LogP contribution in [-0.4, -0.2) is 9.78 Å². The molecule has 6 heteroatoms. The van der Waals surface area contributed by atoms with Crippen molar-refractivity contribution in [2.75, 3.05) is 0 Å². The van der Waals surface area contributed by atoms with E-state index in [9.17, 15) is 13.2 Å².